The summed E-state index contributed by atoms with van der Waals surface area (Å²) in [6, 6.07) is 7.85. The van der Waals surface area contributed by atoms with Crippen molar-refractivity contribution in [3.63, 3.8) is 0 Å². The van der Waals surface area contributed by atoms with Gasteiger partial charge in [0.15, 0.2) is 5.13 Å². The molecule has 4 nitrogen and oxygen atoms in total. The van der Waals surface area contributed by atoms with Crippen LogP contribution in [0.25, 0.3) is 0 Å². The monoisotopic (exact) mass is 276 g/mol. The van der Waals surface area contributed by atoms with Crippen LogP contribution in [-0.4, -0.2) is 16.0 Å². The fourth-order valence-electron chi connectivity index (χ4n) is 1.71. The third-order valence-corrected chi connectivity index (χ3v) is 3.42. The molecule has 19 heavy (non-hydrogen) atoms. The van der Waals surface area contributed by atoms with Gasteiger partial charge in [0.05, 0.1) is 18.2 Å². The first-order chi connectivity index (χ1) is 9.04. The number of aromatic nitrogens is 1. The molecule has 2 N–H and O–H groups in total. The molecule has 0 aliphatic carbocycles. The number of thiazole rings is 1. The lowest BCUT2D eigenvalue weighted by atomic mass is 10.1. The number of anilines is 1. The van der Waals surface area contributed by atoms with Gasteiger partial charge in [-0.2, -0.15) is 0 Å². The molecular weight excluding hydrogens is 260 g/mol. The van der Waals surface area contributed by atoms with Crippen LogP contribution in [0.15, 0.2) is 29.6 Å². The zero-order valence-electron chi connectivity index (χ0n) is 10.9. The molecule has 5 heteroatoms. The Morgan fingerprint density at radius 1 is 1.53 bits per heavy atom. The summed E-state index contributed by atoms with van der Waals surface area (Å²) < 4.78 is 0. The second kappa shape index (κ2) is 5.95. The average molecular weight is 276 g/mol. The fourth-order valence-corrected chi connectivity index (χ4v) is 2.52. The number of carbonyl (C=O) groups excluding carboxylic acids is 1. The molecule has 0 bridgehead atoms. The van der Waals surface area contributed by atoms with Gasteiger partial charge >= 0.3 is 0 Å². The normalized spacial score (nSPS) is 12.2. The number of nitrogens with zero attached hydrogens (tertiary/aromatic N) is 1. The number of aliphatic hydroxyl groups is 1. The maximum atomic E-state index is 11.9. The van der Waals surface area contributed by atoms with Crippen LogP contribution in [0.1, 0.15) is 29.8 Å². The van der Waals surface area contributed by atoms with Gasteiger partial charge in [-0.3, -0.25) is 4.79 Å². The van der Waals surface area contributed by atoms with Gasteiger partial charge in [-0.05, 0) is 19.4 Å². The summed E-state index contributed by atoms with van der Waals surface area (Å²) in [6.45, 7) is 3.64. The van der Waals surface area contributed by atoms with E-state index in [2.05, 4.69) is 10.3 Å². The Morgan fingerprint density at radius 3 is 2.95 bits per heavy atom. The molecule has 1 aromatic carbocycles. The van der Waals surface area contributed by atoms with Crippen LogP contribution in [0.4, 0.5) is 5.13 Å². The van der Waals surface area contributed by atoms with Crippen LogP contribution in [0, 0.1) is 6.92 Å². The molecule has 0 fully saturated rings. The summed E-state index contributed by atoms with van der Waals surface area (Å²) in [7, 11) is 0. The van der Waals surface area contributed by atoms with E-state index in [1.165, 1.54) is 11.3 Å². The third-order valence-electron chi connectivity index (χ3n) is 2.64. The predicted molar refractivity (Wildman–Crippen MR) is 76.3 cm³/mol. The SMILES string of the molecule is Cc1cccc(CC(=O)Nc2nc(C(C)O)cs2)c1. The van der Waals surface area contributed by atoms with Gasteiger partial charge in [-0.25, -0.2) is 4.98 Å². The lowest BCUT2D eigenvalue weighted by Crippen LogP contribution is -2.14. The molecule has 1 aromatic heterocycles. The molecule has 0 radical (unpaired) electrons. The number of amides is 1. The smallest absolute Gasteiger partial charge is 0.230 e. The fraction of sp³-hybridized carbons (Fsp3) is 0.286. The largest absolute Gasteiger partial charge is 0.387 e. The quantitative estimate of drug-likeness (QED) is 0.902. The maximum absolute atomic E-state index is 11.9. The van der Waals surface area contributed by atoms with E-state index in [4.69, 9.17) is 0 Å². The van der Waals surface area contributed by atoms with E-state index in [9.17, 15) is 9.90 Å². The summed E-state index contributed by atoms with van der Waals surface area (Å²) in [5.41, 5.74) is 2.69. The van der Waals surface area contributed by atoms with Gasteiger partial charge in [0.1, 0.15) is 0 Å². The van der Waals surface area contributed by atoms with Crippen LogP contribution in [0.3, 0.4) is 0 Å². The Bertz CT molecular complexity index is 578. The van der Waals surface area contributed by atoms with Gasteiger partial charge in [-0.15, -0.1) is 11.3 Å². The summed E-state index contributed by atoms with van der Waals surface area (Å²) in [6.07, 6.45) is -0.288. The number of nitrogens with one attached hydrogen (secondary N) is 1. The second-order valence-electron chi connectivity index (χ2n) is 4.47. The standard InChI is InChI=1S/C14H16N2O2S/c1-9-4-3-5-11(6-9)7-13(18)16-14-15-12(8-19-14)10(2)17/h3-6,8,10,17H,7H2,1-2H3,(H,15,16,18). The van der Waals surface area contributed by atoms with Crippen molar-refractivity contribution in [2.75, 3.05) is 5.32 Å². The summed E-state index contributed by atoms with van der Waals surface area (Å²) in [4.78, 5) is 16.0. The molecule has 2 rings (SSSR count). The lowest BCUT2D eigenvalue weighted by molar-refractivity contribution is -0.115. The second-order valence-corrected chi connectivity index (χ2v) is 5.33. The first-order valence-corrected chi connectivity index (χ1v) is 6.91. The molecule has 0 spiro atoms. The van der Waals surface area contributed by atoms with E-state index in [0.29, 0.717) is 17.2 Å². The predicted octanol–water partition coefficient (Wildman–Crippen LogP) is 2.69. The number of aliphatic hydroxyl groups excluding tert-OH is 1. The van der Waals surface area contributed by atoms with E-state index >= 15 is 0 Å². The van der Waals surface area contributed by atoms with Crippen molar-refractivity contribution in [2.24, 2.45) is 0 Å². The Hall–Kier alpha value is -1.72. The van der Waals surface area contributed by atoms with E-state index in [0.717, 1.165) is 11.1 Å². The van der Waals surface area contributed by atoms with Crippen molar-refractivity contribution >= 4 is 22.4 Å². The van der Waals surface area contributed by atoms with Gasteiger partial charge in [0, 0.05) is 5.38 Å². The number of hydrogen-bond acceptors (Lipinski definition) is 4. The van der Waals surface area contributed by atoms with E-state index in [1.807, 2.05) is 31.2 Å². The van der Waals surface area contributed by atoms with Crippen LogP contribution < -0.4 is 5.32 Å². The Balaban J connectivity index is 1.97. The van der Waals surface area contributed by atoms with Crippen molar-refractivity contribution in [3.05, 3.63) is 46.5 Å². The zero-order valence-corrected chi connectivity index (χ0v) is 11.7. The van der Waals surface area contributed by atoms with Crippen LogP contribution in [0.5, 0.6) is 0 Å². The van der Waals surface area contributed by atoms with Crippen molar-refractivity contribution in [2.45, 2.75) is 26.4 Å². The highest BCUT2D eigenvalue weighted by Crippen LogP contribution is 2.20. The van der Waals surface area contributed by atoms with Crippen LogP contribution >= 0.6 is 11.3 Å². The highest BCUT2D eigenvalue weighted by atomic mass is 32.1. The molecule has 0 aliphatic heterocycles. The number of aryl methyl sites for hydroxylation is 1. The number of benzene rings is 1. The zero-order chi connectivity index (χ0) is 13.8. The summed E-state index contributed by atoms with van der Waals surface area (Å²) in [5.74, 6) is -0.0999. The maximum Gasteiger partial charge on any atom is 0.230 e. The summed E-state index contributed by atoms with van der Waals surface area (Å²) in [5, 5.41) is 14.4. The Labute approximate surface area is 116 Å². The highest BCUT2D eigenvalue weighted by Gasteiger charge is 2.10. The van der Waals surface area contributed by atoms with Crippen LogP contribution in [0.2, 0.25) is 0 Å². The van der Waals surface area contributed by atoms with Crippen molar-refractivity contribution in [1.29, 1.82) is 0 Å². The minimum Gasteiger partial charge on any atom is -0.387 e. The molecular formula is C14H16N2O2S. The van der Waals surface area contributed by atoms with Crippen molar-refractivity contribution in [1.82, 2.24) is 4.98 Å². The molecule has 2 aromatic rings. The van der Waals surface area contributed by atoms with Gasteiger partial charge in [0.25, 0.3) is 0 Å². The van der Waals surface area contributed by atoms with Crippen molar-refractivity contribution in [3.8, 4) is 0 Å². The number of carbonyl (C=O) groups is 1. The molecule has 1 amide bonds. The highest BCUT2D eigenvalue weighted by molar-refractivity contribution is 7.13. The number of rotatable bonds is 4. The Morgan fingerprint density at radius 2 is 2.32 bits per heavy atom. The van der Waals surface area contributed by atoms with Gasteiger partial charge < -0.3 is 10.4 Å². The number of hydrogen-bond donors (Lipinski definition) is 2. The molecule has 1 heterocycles. The van der Waals surface area contributed by atoms with Gasteiger partial charge in [-0.1, -0.05) is 29.8 Å². The molecule has 1 unspecified atom stereocenters. The first kappa shape index (κ1) is 13.7. The third kappa shape index (κ3) is 3.87. The van der Waals surface area contributed by atoms with Crippen LogP contribution in [-0.2, 0) is 11.2 Å². The minimum atomic E-state index is -0.612. The molecule has 0 aliphatic rings. The Kier molecular flexibility index (Phi) is 4.29. The molecule has 1 atom stereocenters. The minimum absolute atomic E-state index is 0.0999. The molecule has 0 saturated heterocycles. The first-order valence-electron chi connectivity index (χ1n) is 6.03. The van der Waals surface area contributed by atoms with Crippen molar-refractivity contribution < 1.29 is 9.90 Å². The summed E-state index contributed by atoms with van der Waals surface area (Å²) >= 11 is 1.32. The molecule has 100 valence electrons. The topological polar surface area (TPSA) is 62.2 Å². The van der Waals surface area contributed by atoms with E-state index in [-0.39, 0.29) is 5.91 Å². The van der Waals surface area contributed by atoms with E-state index < -0.39 is 6.10 Å². The average Bonchev–Trinajstić information content (AvgIpc) is 2.77. The lowest BCUT2D eigenvalue weighted by Gasteiger charge is -2.03. The molecule has 0 saturated carbocycles. The van der Waals surface area contributed by atoms with E-state index in [1.54, 1.807) is 12.3 Å². The van der Waals surface area contributed by atoms with Gasteiger partial charge in [0.2, 0.25) is 5.91 Å².